The fourth-order valence-corrected chi connectivity index (χ4v) is 3.57. The molecule has 2 unspecified atom stereocenters. The molecule has 3 fully saturated rings. The highest BCUT2D eigenvalue weighted by atomic mass is 35.5. The van der Waals surface area contributed by atoms with Crippen LogP contribution >= 0.6 is 12.4 Å². The van der Waals surface area contributed by atoms with Gasteiger partial charge in [-0.2, -0.15) is 0 Å². The maximum absolute atomic E-state index is 9.88. The molecule has 120 valence electrons. The second kappa shape index (κ2) is 10.8. The van der Waals surface area contributed by atoms with E-state index < -0.39 is 0 Å². The Bertz CT molecular complexity index is 219. The Labute approximate surface area is 130 Å². The van der Waals surface area contributed by atoms with Crippen LogP contribution in [0.2, 0.25) is 0 Å². The van der Waals surface area contributed by atoms with Gasteiger partial charge in [-0.05, 0) is 64.7 Å². The molecule has 4 heteroatoms. The van der Waals surface area contributed by atoms with Crippen LogP contribution in [-0.4, -0.2) is 48.3 Å². The zero-order valence-electron chi connectivity index (χ0n) is 12.9. The van der Waals surface area contributed by atoms with Gasteiger partial charge in [0.1, 0.15) is 0 Å². The Hall–Kier alpha value is 0.170. The molecule has 2 atom stereocenters. The van der Waals surface area contributed by atoms with E-state index >= 15 is 0 Å². The lowest BCUT2D eigenvalue weighted by atomic mass is 9.90. The van der Waals surface area contributed by atoms with Crippen molar-refractivity contribution in [2.75, 3.05) is 26.2 Å². The molecule has 0 aromatic heterocycles. The first kappa shape index (κ1) is 18.2. The van der Waals surface area contributed by atoms with Gasteiger partial charge in [-0.25, -0.2) is 0 Å². The van der Waals surface area contributed by atoms with Crippen molar-refractivity contribution in [1.29, 1.82) is 0 Å². The monoisotopic (exact) mass is 304 g/mol. The first-order valence-electron chi connectivity index (χ1n) is 8.51. The first-order chi connectivity index (χ1) is 9.38. The van der Waals surface area contributed by atoms with Gasteiger partial charge in [0, 0.05) is 6.04 Å². The fraction of sp³-hybridized carbons (Fsp3) is 1.00. The van der Waals surface area contributed by atoms with Gasteiger partial charge in [0.15, 0.2) is 0 Å². The second-order valence-electron chi connectivity index (χ2n) is 6.33. The van der Waals surface area contributed by atoms with Gasteiger partial charge < -0.3 is 10.4 Å². The van der Waals surface area contributed by atoms with Crippen LogP contribution in [0.5, 0.6) is 0 Å². The number of aliphatic hydroxyl groups excluding tert-OH is 1. The van der Waals surface area contributed by atoms with E-state index in [0.29, 0.717) is 6.04 Å². The third-order valence-electron chi connectivity index (χ3n) is 4.76. The quantitative estimate of drug-likeness (QED) is 0.782. The number of halogens is 1. The summed E-state index contributed by atoms with van der Waals surface area (Å²) in [6.07, 6.45) is 13.0. The van der Waals surface area contributed by atoms with Crippen molar-refractivity contribution in [3.8, 4) is 0 Å². The Morgan fingerprint density at radius 2 is 1.35 bits per heavy atom. The van der Waals surface area contributed by atoms with E-state index in [-0.39, 0.29) is 18.5 Å². The Morgan fingerprint density at radius 3 is 1.85 bits per heavy atom. The second-order valence-corrected chi connectivity index (χ2v) is 6.33. The number of nitrogens with one attached hydrogen (secondary N) is 1. The molecule has 0 amide bonds. The van der Waals surface area contributed by atoms with Crippen LogP contribution in [0.3, 0.4) is 0 Å². The van der Waals surface area contributed by atoms with Gasteiger partial charge in [-0.15, -0.1) is 12.4 Å². The molecule has 1 aliphatic carbocycles. The summed E-state index contributed by atoms with van der Waals surface area (Å²) in [5.41, 5.74) is 0. The van der Waals surface area contributed by atoms with Crippen LogP contribution in [0.1, 0.15) is 64.2 Å². The van der Waals surface area contributed by atoms with Gasteiger partial charge in [0.2, 0.25) is 0 Å². The zero-order valence-corrected chi connectivity index (χ0v) is 13.7. The summed E-state index contributed by atoms with van der Waals surface area (Å²) in [6.45, 7) is 4.95. The van der Waals surface area contributed by atoms with Crippen molar-refractivity contribution in [3.63, 3.8) is 0 Å². The van der Waals surface area contributed by atoms with Gasteiger partial charge in [-0.1, -0.05) is 25.7 Å². The summed E-state index contributed by atoms with van der Waals surface area (Å²) < 4.78 is 0. The summed E-state index contributed by atoms with van der Waals surface area (Å²) in [5.74, 6) is 0. The van der Waals surface area contributed by atoms with Crippen LogP contribution in [0.4, 0.5) is 0 Å². The molecular weight excluding hydrogens is 272 g/mol. The Balaban J connectivity index is 0.000000243. The number of hydrogen-bond donors (Lipinski definition) is 2. The molecule has 2 N–H and O–H groups in total. The van der Waals surface area contributed by atoms with E-state index in [0.717, 1.165) is 6.42 Å². The van der Waals surface area contributed by atoms with Crippen molar-refractivity contribution in [1.82, 2.24) is 10.2 Å². The lowest BCUT2D eigenvalue weighted by Crippen LogP contribution is -2.47. The van der Waals surface area contributed by atoms with Crippen LogP contribution in [0, 0.1) is 0 Å². The Morgan fingerprint density at radius 1 is 0.750 bits per heavy atom. The smallest absolute Gasteiger partial charge is 0.0695 e. The van der Waals surface area contributed by atoms with Crippen molar-refractivity contribution in [2.45, 2.75) is 76.4 Å². The van der Waals surface area contributed by atoms with Crippen molar-refractivity contribution in [3.05, 3.63) is 0 Å². The predicted molar refractivity (Wildman–Crippen MR) is 87.7 cm³/mol. The van der Waals surface area contributed by atoms with E-state index in [1.807, 2.05) is 0 Å². The van der Waals surface area contributed by atoms with Crippen LogP contribution in [-0.2, 0) is 0 Å². The SMILES string of the molecule is C1CCNCC1.Cl.OC1CCCCC1N1CCCCC1. The predicted octanol–water partition coefficient (Wildman–Crippen LogP) is 2.96. The Kier molecular flexibility index (Phi) is 9.87. The van der Waals surface area contributed by atoms with Crippen LogP contribution in [0.25, 0.3) is 0 Å². The van der Waals surface area contributed by atoms with Gasteiger partial charge >= 0.3 is 0 Å². The molecule has 3 aliphatic rings. The molecule has 20 heavy (non-hydrogen) atoms. The lowest BCUT2D eigenvalue weighted by Gasteiger charge is -2.39. The molecule has 3 rings (SSSR count). The molecule has 3 nitrogen and oxygen atoms in total. The zero-order chi connectivity index (χ0) is 13.3. The molecule has 0 aromatic rings. The molecule has 1 saturated carbocycles. The maximum Gasteiger partial charge on any atom is 0.0695 e. The largest absolute Gasteiger partial charge is 0.391 e. The van der Waals surface area contributed by atoms with E-state index in [2.05, 4.69) is 10.2 Å². The molecule has 0 bridgehead atoms. The van der Waals surface area contributed by atoms with Crippen LogP contribution in [0.15, 0.2) is 0 Å². The molecular formula is C16H33ClN2O. The topological polar surface area (TPSA) is 35.5 Å². The van der Waals surface area contributed by atoms with E-state index in [9.17, 15) is 5.11 Å². The number of nitrogens with zero attached hydrogens (tertiary/aromatic N) is 1. The van der Waals surface area contributed by atoms with E-state index in [1.165, 1.54) is 84.0 Å². The average Bonchev–Trinajstić information content (AvgIpc) is 2.51. The number of rotatable bonds is 1. The standard InChI is InChI=1S/C11H21NO.C5H11N.ClH/c13-11-7-3-2-6-10(11)12-8-4-1-5-9-12;1-2-4-6-5-3-1;/h10-11,13H,1-9H2;6H,1-5H2;1H. The minimum Gasteiger partial charge on any atom is -0.391 e. The molecule has 0 spiro atoms. The minimum absolute atomic E-state index is 0. The van der Waals surface area contributed by atoms with Crippen molar-refractivity contribution >= 4 is 12.4 Å². The van der Waals surface area contributed by atoms with Gasteiger partial charge in [0.25, 0.3) is 0 Å². The summed E-state index contributed by atoms with van der Waals surface area (Å²) in [6, 6.07) is 0.494. The third kappa shape index (κ3) is 6.30. The van der Waals surface area contributed by atoms with Gasteiger partial charge in [0.05, 0.1) is 6.10 Å². The van der Waals surface area contributed by atoms with Crippen molar-refractivity contribution < 1.29 is 5.11 Å². The van der Waals surface area contributed by atoms with Crippen molar-refractivity contribution in [2.24, 2.45) is 0 Å². The number of hydrogen-bond acceptors (Lipinski definition) is 3. The first-order valence-corrected chi connectivity index (χ1v) is 8.51. The highest BCUT2D eigenvalue weighted by Crippen LogP contribution is 2.25. The average molecular weight is 305 g/mol. The summed E-state index contributed by atoms with van der Waals surface area (Å²) in [4.78, 5) is 2.52. The minimum atomic E-state index is -0.0353. The van der Waals surface area contributed by atoms with Crippen LogP contribution < -0.4 is 5.32 Å². The molecule has 2 heterocycles. The summed E-state index contributed by atoms with van der Waals surface area (Å²) in [5, 5.41) is 13.2. The number of piperidine rings is 2. The fourth-order valence-electron chi connectivity index (χ4n) is 3.57. The maximum atomic E-state index is 9.88. The molecule has 0 aromatic carbocycles. The molecule has 0 radical (unpaired) electrons. The molecule has 2 saturated heterocycles. The number of aliphatic hydroxyl groups is 1. The van der Waals surface area contributed by atoms with E-state index in [4.69, 9.17) is 0 Å². The lowest BCUT2D eigenvalue weighted by molar-refractivity contribution is 0.0113. The van der Waals surface area contributed by atoms with Gasteiger partial charge in [-0.3, -0.25) is 4.90 Å². The molecule has 2 aliphatic heterocycles. The number of likely N-dealkylation sites (tertiary alicyclic amines) is 1. The third-order valence-corrected chi connectivity index (χ3v) is 4.76. The summed E-state index contributed by atoms with van der Waals surface area (Å²) in [7, 11) is 0. The van der Waals surface area contributed by atoms with E-state index in [1.54, 1.807) is 0 Å². The highest BCUT2D eigenvalue weighted by Gasteiger charge is 2.28. The highest BCUT2D eigenvalue weighted by molar-refractivity contribution is 5.85. The summed E-state index contributed by atoms with van der Waals surface area (Å²) >= 11 is 0. The normalized spacial score (nSPS) is 31.6.